The van der Waals surface area contributed by atoms with Crippen molar-refractivity contribution in [3.8, 4) is 5.75 Å². The fourth-order valence-electron chi connectivity index (χ4n) is 4.80. The number of hydrogen-bond donors (Lipinski definition) is 0. The first-order valence-electron chi connectivity index (χ1n) is 12.0. The first-order chi connectivity index (χ1) is 15.8. The highest BCUT2D eigenvalue weighted by molar-refractivity contribution is 5.86. The van der Waals surface area contributed by atoms with E-state index in [0.717, 1.165) is 50.7 Å². The van der Waals surface area contributed by atoms with Crippen LogP contribution in [0.3, 0.4) is 0 Å². The molecule has 0 saturated carbocycles. The Bertz CT molecular complexity index is 1010. The van der Waals surface area contributed by atoms with E-state index in [1.54, 1.807) is 0 Å². The topological polar surface area (TPSA) is 28.6 Å². The predicted octanol–water partition coefficient (Wildman–Crippen LogP) is 6.17. The highest BCUT2D eigenvalue weighted by Gasteiger charge is 2.17. The highest BCUT2D eigenvalue weighted by atomic mass is 35.5. The molecule has 35 heavy (non-hydrogen) atoms. The van der Waals surface area contributed by atoms with Crippen molar-refractivity contribution in [3.05, 3.63) is 89.1 Å². The van der Waals surface area contributed by atoms with Gasteiger partial charge in [-0.2, -0.15) is 0 Å². The summed E-state index contributed by atoms with van der Waals surface area (Å²) in [6.45, 7) is 6.05. The van der Waals surface area contributed by atoms with Gasteiger partial charge in [0, 0.05) is 38.9 Å². The molecule has 1 aromatic heterocycles. The van der Waals surface area contributed by atoms with Crippen LogP contribution in [0.25, 0.3) is 0 Å². The van der Waals surface area contributed by atoms with E-state index in [4.69, 9.17) is 4.74 Å². The zero-order chi connectivity index (χ0) is 21.6. The van der Waals surface area contributed by atoms with E-state index in [1.807, 2.05) is 12.3 Å². The van der Waals surface area contributed by atoms with Crippen molar-refractivity contribution >= 4 is 43.0 Å². The maximum absolute atomic E-state index is 6.08. The summed E-state index contributed by atoms with van der Waals surface area (Å²) in [6.07, 6.45) is 8.01. The number of benzene rings is 2. The van der Waals surface area contributed by atoms with E-state index in [-0.39, 0.29) is 37.2 Å². The van der Waals surface area contributed by atoms with Crippen molar-refractivity contribution in [1.82, 2.24) is 9.88 Å². The second-order valence-electron chi connectivity index (χ2n) is 9.01. The molecule has 5 rings (SSSR count). The van der Waals surface area contributed by atoms with Gasteiger partial charge in [-0.15, -0.1) is 37.2 Å². The Hall–Kier alpha value is -1.98. The molecule has 0 amide bonds. The van der Waals surface area contributed by atoms with Crippen LogP contribution in [-0.4, -0.2) is 42.6 Å². The molecule has 0 N–H and O–H groups in total. The third kappa shape index (κ3) is 8.01. The summed E-state index contributed by atoms with van der Waals surface area (Å²) in [4.78, 5) is 9.42. The minimum absolute atomic E-state index is 0. The summed E-state index contributed by atoms with van der Waals surface area (Å²) in [6, 6.07) is 21.7. The summed E-state index contributed by atoms with van der Waals surface area (Å²) < 4.78 is 6.08. The Labute approximate surface area is 228 Å². The maximum Gasteiger partial charge on any atom is 0.128 e. The molecule has 0 radical (unpaired) electrons. The predicted molar refractivity (Wildman–Crippen MR) is 152 cm³/mol. The molecule has 0 atom stereocenters. The lowest BCUT2D eigenvalue weighted by Gasteiger charge is -2.35. The number of hydrogen-bond acceptors (Lipinski definition) is 4. The summed E-state index contributed by atoms with van der Waals surface area (Å²) in [7, 11) is 0. The van der Waals surface area contributed by atoms with Crippen LogP contribution in [0, 0.1) is 0 Å². The Kier molecular flexibility index (Phi) is 12.2. The number of ether oxygens (including phenoxy) is 1. The second kappa shape index (κ2) is 14.5. The van der Waals surface area contributed by atoms with Gasteiger partial charge < -0.3 is 9.64 Å². The van der Waals surface area contributed by atoms with Crippen molar-refractivity contribution in [1.29, 1.82) is 0 Å². The van der Waals surface area contributed by atoms with E-state index >= 15 is 0 Å². The first kappa shape index (κ1) is 29.3. The van der Waals surface area contributed by atoms with Crippen molar-refractivity contribution in [3.63, 3.8) is 0 Å². The molecule has 0 unspecified atom stereocenters. The van der Waals surface area contributed by atoms with Crippen LogP contribution in [0.1, 0.15) is 35.1 Å². The minimum Gasteiger partial charge on any atom is -0.489 e. The Morgan fingerprint density at radius 1 is 0.743 bits per heavy atom. The second-order valence-corrected chi connectivity index (χ2v) is 9.01. The summed E-state index contributed by atoms with van der Waals surface area (Å²) in [5.41, 5.74) is 5.61. The van der Waals surface area contributed by atoms with Crippen LogP contribution < -0.4 is 9.64 Å². The van der Waals surface area contributed by atoms with Gasteiger partial charge >= 0.3 is 0 Å². The van der Waals surface area contributed by atoms with Gasteiger partial charge in [0.05, 0.1) is 0 Å². The van der Waals surface area contributed by atoms with Crippen LogP contribution >= 0.6 is 37.2 Å². The van der Waals surface area contributed by atoms with Gasteiger partial charge in [0.15, 0.2) is 0 Å². The smallest absolute Gasteiger partial charge is 0.128 e. The summed E-state index contributed by atoms with van der Waals surface area (Å²) >= 11 is 0. The number of piperazine rings is 1. The van der Waals surface area contributed by atoms with Gasteiger partial charge in [-0.05, 0) is 78.6 Å². The number of anilines is 1. The molecular weight excluding hydrogens is 501 g/mol. The van der Waals surface area contributed by atoms with Crippen LogP contribution in [0.5, 0.6) is 5.75 Å². The molecule has 4 nitrogen and oxygen atoms in total. The van der Waals surface area contributed by atoms with Crippen molar-refractivity contribution < 1.29 is 4.74 Å². The molecule has 190 valence electrons. The lowest BCUT2D eigenvalue weighted by Crippen LogP contribution is -2.47. The number of fused-ring (bicyclic) bond motifs is 1. The number of rotatable bonds is 7. The monoisotopic (exact) mass is 535 g/mol. The first-order valence-corrected chi connectivity index (χ1v) is 12.0. The van der Waals surface area contributed by atoms with E-state index < -0.39 is 0 Å². The lowest BCUT2D eigenvalue weighted by molar-refractivity contribution is 0.260. The van der Waals surface area contributed by atoms with Gasteiger partial charge in [0.1, 0.15) is 18.2 Å². The molecular formula is C28H36Cl3N3O. The molecule has 1 aliphatic carbocycles. The molecule has 1 aliphatic heterocycles. The van der Waals surface area contributed by atoms with Gasteiger partial charge in [-0.25, -0.2) is 4.98 Å². The van der Waals surface area contributed by atoms with Crippen molar-refractivity contribution in [2.24, 2.45) is 0 Å². The van der Waals surface area contributed by atoms with E-state index in [9.17, 15) is 0 Å². The fraction of sp³-hybridized carbons (Fsp3) is 0.393. The van der Waals surface area contributed by atoms with E-state index in [0.29, 0.717) is 6.61 Å². The highest BCUT2D eigenvalue weighted by Crippen LogP contribution is 2.26. The number of aryl methyl sites for hydroxylation is 2. The quantitative estimate of drug-likeness (QED) is 0.361. The van der Waals surface area contributed by atoms with Crippen molar-refractivity contribution in [2.75, 3.05) is 37.6 Å². The van der Waals surface area contributed by atoms with Crippen molar-refractivity contribution in [2.45, 2.75) is 38.7 Å². The van der Waals surface area contributed by atoms with Crippen LogP contribution in [0.4, 0.5) is 5.82 Å². The average molecular weight is 537 g/mol. The number of aromatic nitrogens is 1. The van der Waals surface area contributed by atoms with Gasteiger partial charge in [0.2, 0.25) is 0 Å². The lowest BCUT2D eigenvalue weighted by atomic mass is 9.92. The van der Waals surface area contributed by atoms with Gasteiger partial charge in [-0.3, -0.25) is 4.90 Å². The zero-order valence-corrected chi connectivity index (χ0v) is 22.6. The van der Waals surface area contributed by atoms with E-state index in [1.165, 1.54) is 47.9 Å². The minimum atomic E-state index is 0. The third-order valence-electron chi connectivity index (χ3n) is 6.81. The summed E-state index contributed by atoms with van der Waals surface area (Å²) in [5.74, 6) is 2.10. The average Bonchev–Trinajstić information content (AvgIpc) is 2.87. The third-order valence-corrected chi connectivity index (χ3v) is 6.81. The Morgan fingerprint density at radius 2 is 1.46 bits per heavy atom. The Balaban J connectivity index is 0.00000144. The Morgan fingerprint density at radius 3 is 2.17 bits per heavy atom. The number of pyridine rings is 1. The molecule has 0 spiro atoms. The molecule has 2 aromatic carbocycles. The van der Waals surface area contributed by atoms with Gasteiger partial charge in [0.25, 0.3) is 0 Å². The molecule has 1 fully saturated rings. The van der Waals surface area contributed by atoms with E-state index in [2.05, 4.69) is 69.4 Å². The maximum atomic E-state index is 6.08. The molecule has 7 heteroatoms. The number of nitrogens with zero attached hydrogens (tertiary/aromatic N) is 3. The van der Waals surface area contributed by atoms with Crippen LogP contribution in [0.2, 0.25) is 0 Å². The zero-order valence-electron chi connectivity index (χ0n) is 20.1. The normalized spacial score (nSPS) is 15.1. The SMILES string of the molecule is Cl.Cl.Cl.c1ccc(N2CCN(CCc3ccc(COc4ccc5c(c4)CCCC5)cc3)CC2)nc1. The molecule has 3 aromatic rings. The number of halogens is 3. The van der Waals surface area contributed by atoms with Gasteiger partial charge in [-0.1, -0.05) is 36.4 Å². The molecule has 2 aliphatic rings. The molecule has 2 heterocycles. The van der Waals surface area contributed by atoms with Crippen LogP contribution in [-0.2, 0) is 25.9 Å². The van der Waals surface area contributed by atoms with Crippen LogP contribution in [0.15, 0.2) is 66.9 Å². The summed E-state index contributed by atoms with van der Waals surface area (Å²) in [5, 5.41) is 0. The largest absolute Gasteiger partial charge is 0.489 e. The molecule has 0 bridgehead atoms. The molecule has 1 saturated heterocycles. The standard InChI is InChI=1S/C28H33N3O.3ClH/c1-2-6-26-21-27(13-12-25(26)5-1)32-22-24-10-8-23(9-11-24)14-16-30-17-19-31(20-18-30)28-7-3-4-15-29-28;;;/h3-4,7-13,15,21H,1-2,5-6,14,16-20,22H2;3*1H. The fourth-order valence-corrected chi connectivity index (χ4v) is 4.80.